The summed E-state index contributed by atoms with van der Waals surface area (Å²) in [5.74, 6) is 0.361. The molecule has 7 nitrogen and oxygen atoms in total. The van der Waals surface area contributed by atoms with Crippen LogP contribution >= 0.6 is 0 Å². The molecule has 2 amide bonds. The van der Waals surface area contributed by atoms with Gasteiger partial charge in [-0.25, -0.2) is 0 Å². The molecule has 1 saturated heterocycles. The normalized spacial score (nSPS) is 27.2. The van der Waals surface area contributed by atoms with E-state index < -0.39 is 5.91 Å². The first-order valence-electron chi connectivity index (χ1n) is 9.27. The molecule has 1 aliphatic carbocycles. The van der Waals surface area contributed by atoms with Gasteiger partial charge in [-0.3, -0.25) is 14.7 Å². The summed E-state index contributed by atoms with van der Waals surface area (Å²) in [4.78, 5) is 25.6. The highest BCUT2D eigenvalue weighted by atomic mass is 16.5. The number of aromatic nitrogens is 2. The number of hydrogen-bond donors (Lipinski definition) is 2. The summed E-state index contributed by atoms with van der Waals surface area (Å²) in [7, 11) is 0. The molecule has 25 heavy (non-hydrogen) atoms. The van der Waals surface area contributed by atoms with Crippen LogP contribution in [0.25, 0.3) is 0 Å². The van der Waals surface area contributed by atoms with Gasteiger partial charge in [-0.05, 0) is 37.7 Å². The van der Waals surface area contributed by atoms with E-state index in [9.17, 15) is 9.59 Å². The van der Waals surface area contributed by atoms with Crippen molar-refractivity contribution in [2.45, 2.75) is 57.5 Å². The lowest BCUT2D eigenvalue weighted by molar-refractivity contribution is -0.140. The molecule has 138 valence electrons. The van der Waals surface area contributed by atoms with E-state index in [1.54, 1.807) is 6.07 Å². The zero-order valence-corrected chi connectivity index (χ0v) is 14.9. The first-order chi connectivity index (χ1) is 12.0. The molecule has 3 atom stereocenters. The maximum atomic E-state index is 12.5. The van der Waals surface area contributed by atoms with E-state index in [4.69, 9.17) is 10.5 Å². The average molecular weight is 348 g/mol. The van der Waals surface area contributed by atoms with Gasteiger partial charge in [0.05, 0.1) is 6.10 Å². The van der Waals surface area contributed by atoms with Gasteiger partial charge in [0, 0.05) is 24.7 Å². The Bertz CT molecular complexity index is 615. The van der Waals surface area contributed by atoms with E-state index in [1.807, 2.05) is 4.90 Å². The van der Waals surface area contributed by atoms with E-state index in [0.717, 1.165) is 37.9 Å². The van der Waals surface area contributed by atoms with Crippen LogP contribution in [0.15, 0.2) is 6.07 Å². The molecule has 0 bridgehead atoms. The predicted octanol–water partition coefficient (Wildman–Crippen LogP) is 1.81. The monoisotopic (exact) mass is 348 g/mol. The number of rotatable bonds is 5. The lowest BCUT2D eigenvalue weighted by Crippen LogP contribution is -2.41. The predicted molar refractivity (Wildman–Crippen MR) is 93.0 cm³/mol. The van der Waals surface area contributed by atoms with Gasteiger partial charge in [-0.1, -0.05) is 19.8 Å². The summed E-state index contributed by atoms with van der Waals surface area (Å²) in [5, 5.41) is 6.82. The van der Waals surface area contributed by atoms with Crippen molar-refractivity contribution < 1.29 is 14.3 Å². The van der Waals surface area contributed by atoms with Crippen LogP contribution in [0.3, 0.4) is 0 Å². The molecule has 1 aromatic heterocycles. The second kappa shape index (κ2) is 7.99. The maximum absolute atomic E-state index is 12.5. The minimum Gasteiger partial charge on any atom is -0.368 e. The topological polar surface area (TPSA) is 101 Å². The van der Waals surface area contributed by atoms with Crippen molar-refractivity contribution in [2.75, 3.05) is 19.7 Å². The third kappa shape index (κ3) is 4.60. The number of hydrogen-bond acceptors (Lipinski definition) is 4. The molecule has 2 aliphatic rings. The number of nitrogens with two attached hydrogens (primary N) is 1. The fourth-order valence-corrected chi connectivity index (χ4v) is 3.94. The molecule has 3 N–H and O–H groups in total. The SMILES string of the molecule is C[C@@H]1CCC[C@@H](OCC(=O)N2CCC[C@@H](c3cc(C(N)=O)n[nH]3)C2)C1. The van der Waals surface area contributed by atoms with Gasteiger partial charge in [0.2, 0.25) is 5.91 Å². The van der Waals surface area contributed by atoms with E-state index in [0.29, 0.717) is 12.5 Å². The third-order valence-corrected chi connectivity index (χ3v) is 5.39. The molecular weight excluding hydrogens is 320 g/mol. The molecule has 1 aromatic rings. The van der Waals surface area contributed by atoms with E-state index >= 15 is 0 Å². The molecule has 3 rings (SSSR count). The molecule has 1 saturated carbocycles. The number of piperidine rings is 1. The number of carbonyl (C=O) groups is 2. The van der Waals surface area contributed by atoms with Gasteiger partial charge in [-0.2, -0.15) is 5.10 Å². The highest BCUT2D eigenvalue weighted by molar-refractivity contribution is 5.90. The number of nitrogens with one attached hydrogen (secondary N) is 1. The number of ether oxygens (including phenoxy) is 1. The van der Waals surface area contributed by atoms with Crippen LogP contribution in [0.1, 0.15) is 67.5 Å². The Labute approximate surface area is 148 Å². The molecule has 0 spiro atoms. The largest absolute Gasteiger partial charge is 0.368 e. The average Bonchev–Trinajstić information content (AvgIpc) is 3.10. The number of carbonyl (C=O) groups excluding carboxylic acids is 2. The van der Waals surface area contributed by atoms with Crippen LogP contribution in [-0.4, -0.2) is 52.7 Å². The summed E-state index contributed by atoms with van der Waals surface area (Å²) in [5.41, 5.74) is 6.36. The van der Waals surface area contributed by atoms with Crippen molar-refractivity contribution >= 4 is 11.8 Å². The highest BCUT2D eigenvalue weighted by Gasteiger charge is 2.27. The van der Waals surface area contributed by atoms with E-state index in [-0.39, 0.29) is 30.2 Å². The van der Waals surface area contributed by atoms with Crippen molar-refractivity contribution in [2.24, 2.45) is 11.7 Å². The van der Waals surface area contributed by atoms with E-state index in [1.165, 1.54) is 12.8 Å². The van der Waals surface area contributed by atoms with Gasteiger partial charge in [0.15, 0.2) is 0 Å². The van der Waals surface area contributed by atoms with Gasteiger partial charge in [0.1, 0.15) is 12.3 Å². The summed E-state index contributed by atoms with van der Waals surface area (Å²) < 4.78 is 5.87. The van der Waals surface area contributed by atoms with Crippen LogP contribution in [0.2, 0.25) is 0 Å². The molecular formula is C18H28N4O3. The summed E-state index contributed by atoms with van der Waals surface area (Å²) in [6.45, 7) is 3.80. The second-order valence-corrected chi connectivity index (χ2v) is 7.46. The zero-order chi connectivity index (χ0) is 17.8. The zero-order valence-electron chi connectivity index (χ0n) is 14.9. The Kier molecular flexibility index (Phi) is 5.73. The van der Waals surface area contributed by atoms with Crippen molar-refractivity contribution in [3.63, 3.8) is 0 Å². The molecule has 0 radical (unpaired) electrons. The van der Waals surface area contributed by atoms with Gasteiger partial charge in [0.25, 0.3) is 5.91 Å². The lowest BCUT2D eigenvalue weighted by Gasteiger charge is -2.33. The Balaban J connectivity index is 1.51. The minimum atomic E-state index is -0.540. The highest BCUT2D eigenvalue weighted by Crippen LogP contribution is 2.27. The second-order valence-electron chi connectivity index (χ2n) is 7.46. The quantitative estimate of drug-likeness (QED) is 0.847. The van der Waals surface area contributed by atoms with Gasteiger partial charge < -0.3 is 15.4 Å². The van der Waals surface area contributed by atoms with Crippen LogP contribution in [0, 0.1) is 5.92 Å². The van der Waals surface area contributed by atoms with Crippen molar-refractivity contribution in [3.05, 3.63) is 17.5 Å². The molecule has 7 heteroatoms. The molecule has 0 unspecified atom stereocenters. The summed E-state index contributed by atoms with van der Waals surface area (Å²) in [6, 6.07) is 1.70. The Morgan fingerprint density at radius 1 is 1.36 bits per heavy atom. The summed E-state index contributed by atoms with van der Waals surface area (Å²) in [6.07, 6.45) is 6.68. The third-order valence-electron chi connectivity index (χ3n) is 5.39. The number of nitrogens with zero attached hydrogens (tertiary/aromatic N) is 2. The molecule has 2 heterocycles. The number of amides is 2. The van der Waals surface area contributed by atoms with Crippen LogP contribution < -0.4 is 5.73 Å². The fraction of sp³-hybridized carbons (Fsp3) is 0.722. The number of primary amides is 1. The number of likely N-dealkylation sites (tertiary alicyclic amines) is 1. The maximum Gasteiger partial charge on any atom is 0.269 e. The Morgan fingerprint density at radius 3 is 2.92 bits per heavy atom. The summed E-state index contributed by atoms with van der Waals surface area (Å²) >= 11 is 0. The Morgan fingerprint density at radius 2 is 2.20 bits per heavy atom. The van der Waals surface area contributed by atoms with E-state index in [2.05, 4.69) is 17.1 Å². The van der Waals surface area contributed by atoms with Gasteiger partial charge >= 0.3 is 0 Å². The molecule has 0 aromatic carbocycles. The van der Waals surface area contributed by atoms with Crippen LogP contribution in [-0.2, 0) is 9.53 Å². The Hall–Kier alpha value is -1.89. The van der Waals surface area contributed by atoms with Crippen molar-refractivity contribution in [3.8, 4) is 0 Å². The number of aromatic amines is 1. The minimum absolute atomic E-state index is 0.0533. The smallest absolute Gasteiger partial charge is 0.269 e. The molecule has 1 aliphatic heterocycles. The number of H-pyrrole nitrogens is 1. The van der Waals surface area contributed by atoms with Crippen molar-refractivity contribution in [1.29, 1.82) is 0 Å². The first kappa shape index (κ1) is 17.9. The van der Waals surface area contributed by atoms with Crippen LogP contribution in [0.4, 0.5) is 0 Å². The lowest BCUT2D eigenvalue weighted by atomic mass is 9.89. The van der Waals surface area contributed by atoms with Crippen LogP contribution in [0.5, 0.6) is 0 Å². The van der Waals surface area contributed by atoms with Gasteiger partial charge in [-0.15, -0.1) is 0 Å². The van der Waals surface area contributed by atoms with Crippen molar-refractivity contribution in [1.82, 2.24) is 15.1 Å². The molecule has 2 fully saturated rings. The fourth-order valence-electron chi connectivity index (χ4n) is 3.94. The first-order valence-corrected chi connectivity index (χ1v) is 9.27. The standard InChI is InChI=1S/C18H28N4O3/c1-12-4-2-6-14(8-12)25-11-17(23)22-7-3-5-13(10-22)15-9-16(18(19)24)21-20-15/h9,12-14H,2-8,10-11H2,1H3,(H2,19,24)(H,20,21)/t12-,13-,14-/m1/s1.